The summed E-state index contributed by atoms with van der Waals surface area (Å²) in [6, 6.07) is 5.48. The molecule has 0 amide bonds. The van der Waals surface area contributed by atoms with Gasteiger partial charge in [0.1, 0.15) is 5.82 Å². The van der Waals surface area contributed by atoms with E-state index >= 15 is 0 Å². The van der Waals surface area contributed by atoms with Crippen molar-refractivity contribution in [3.05, 3.63) is 35.6 Å². The first-order chi connectivity index (χ1) is 8.39. The lowest BCUT2D eigenvalue weighted by atomic mass is 9.81. The second-order valence-electron chi connectivity index (χ2n) is 4.79. The summed E-state index contributed by atoms with van der Waals surface area (Å²) in [6.45, 7) is 0.0324. The van der Waals surface area contributed by atoms with Gasteiger partial charge in [0.15, 0.2) is 0 Å². The molecule has 0 spiro atoms. The van der Waals surface area contributed by atoms with Crippen LogP contribution < -0.4 is 4.72 Å². The summed E-state index contributed by atoms with van der Waals surface area (Å²) in [4.78, 5) is 0. The fourth-order valence-electron chi connectivity index (χ4n) is 1.90. The molecule has 1 fully saturated rings. The first-order valence-electron chi connectivity index (χ1n) is 5.83. The third-order valence-electron chi connectivity index (χ3n) is 3.15. The van der Waals surface area contributed by atoms with Crippen molar-refractivity contribution in [1.29, 1.82) is 0 Å². The van der Waals surface area contributed by atoms with Gasteiger partial charge in [0, 0.05) is 6.54 Å². The largest absolute Gasteiger partial charge is 0.389 e. The van der Waals surface area contributed by atoms with E-state index in [-0.39, 0.29) is 12.3 Å². The van der Waals surface area contributed by atoms with Crippen molar-refractivity contribution in [2.75, 3.05) is 6.54 Å². The zero-order valence-corrected chi connectivity index (χ0v) is 10.7. The van der Waals surface area contributed by atoms with Gasteiger partial charge >= 0.3 is 0 Å². The summed E-state index contributed by atoms with van der Waals surface area (Å²) in [6.07, 6.45) is 2.16. The van der Waals surface area contributed by atoms with E-state index < -0.39 is 21.4 Å². The lowest BCUT2D eigenvalue weighted by molar-refractivity contribution is -0.0271. The Bertz CT molecular complexity index is 526. The molecule has 0 aliphatic heterocycles. The minimum Gasteiger partial charge on any atom is -0.389 e. The number of sulfonamides is 1. The summed E-state index contributed by atoms with van der Waals surface area (Å²) in [7, 11) is -3.54. The van der Waals surface area contributed by atoms with Crippen molar-refractivity contribution in [3.8, 4) is 0 Å². The quantitative estimate of drug-likeness (QED) is 0.846. The SMILES string of the molecule is O=S(=O)(Cc1cccc(F)c1)NCC1(O)CCC1. The van der Waals surface area contributed by atoms with Crippen LogP contribution in [-0.2, 0) is 15.8 Å². The first-order valence-corrected chi connectivity index (χ1v) is 7.48. The summed E-state index contributed by atoms with van der Waals surface area (Å²) >= 11 is 0. The Balaban J connectivity index is 1.95. The second-order valence-corrected chi connectivity index (χ2v) is 6.59. The van der Waals surface area contributed by atoms with E-state index in [9.17, 15) is 17.9 Å². The fraction of sp³-hybridized carbons (Fsp3) is 0.500. The first kappa shape index (κ1) is 13.5. The number of aliphatic hydroxyl groups is 1. The maximum Gasteiger partial charge on any atom is 0.215 e. The number of rotatable bonds is 5. The Morgan fingerprint density at radius 3 is 2.67 bits per heavy atom. The Kier molecular flexibility index (Phi) is 3.70. The van der Waals surface area contributed by atoms with Crippen LogP contribution in [0.25, 0.3) is 0 Å². The van der Waals surface area contributed by atoms with Crippen LogP contribution in [-0.4, -0.2) is 25.7 Å². The number of hydrogen-bond acceptors (Lipinski definition) is 3. The van der Waals surface area contributed by atoms with E-state index in [1.807, 2.05) is 0 Å². The normalized spacial score (nSPS) is 18.3. The standard InChI is InChI=1S/C12H16FNO3S/c13-11-4-1-3-10(7-11)8-18(16,17)14-9-12(15)5-2-6-12/h1,3-4,7,14-15H,2,5-6,8-9H2. The van der Waals surface area contributed by atoms with Gasteiger partial charge in [0.05, 0.1) is 11.4 Å². The van der Waals surface area contributed by atoms with Gasteiger partial charge in [-0.15, -0.1) is 0 Å². The zero-order chi connectivity index (χ0) is 13.2. The van der Waals surface area contributed by atoms with E-state index in [1.165, 1.54) is 18.2 Å². The molecule has 0 saturated heterocycles. The van der Waals surface area contributed by atoms with E-state index in [4.69, 9.17) is 0 Å². The highest BCUT2D eigenvalue weighted by Crippen LogP contribution is 2.30. The molecule has 2 rings (SSSR count). The predicted octanol–water partition coefficient (Wildman–Crippen LogP) is 1.16. The van der Waals surface area contributed by atoms with Crippen molar-refractivity contribution < 1.29 is 17.9 Å². The van der Waals surface area contributed by atoms with Crippen molar-refractivity contribution in [1.82, 2.24) is 4.72 Å². The average Bonchev–Trinajstić information content (AvgIpc) is 2.23. The maximum absolute atomic E-state index is 12.9. The molecular weight excluding hydrogens is 257 g/mol. The second kappa shape index (κ2) is 4.95. The Morgan fingerprint density at radius 2 is 2.11 bits per heavy atom. The van der Waals surface area contributed by atoms with Crippen molar-refractivity contribution in [2.45, 2.75) is 30.6 Å². The lowest BCUT2D eigenvalue weighted by Gasteiger charge is -2.36. The molecule has 0 bridgehead atoms. The van der Waals surface area contributed by atoms with Crippen LogP contribution >= 0.6 is 0 Å². The van der Waals surface area contributed by atoms with Crippen LogP contribution in [0, 0.1) is 5.82 Å². The minimum atomic E-state index is -3.54. The van der Waals surface area contributed by atoms with Gasteiger partial charge in [-0.05, 0) is 37.0 Å². The van der Waals surface area contributed by atoms with Gasteiger partial charge in [-0.1, -0.05) is 12.1 Å². The van der Waals surface area contributed by atoms with Crippen LogP contribution in [0.4, 0.5) is 4.39 Å². The van der Waals surface area contributed by atoms with Gasteiger partial charge in [0.25, 0.3) is 0 Å². The molecule has 100 valence electrons. The van der Waals surface area contributed by atoms with Gasteiger partial charge < -0.3 is 5.11 Å². The fourth-order valence-corrected chi connectivity index (χ4v) is 3.11. The summed E-state index contributed by atoms with van der Waals surface area (Å²) in [5.41, 5.74) is -0.502. The highest BCUT2D eigenvalue weighted by Gasteiger charge is 2.35. The molecule has 0 heterocycles. The van der Waals surface area contributed by atoms with Crippen LogP contribution in [0.1, 0.15) is 24.8 Å². The molecule has 6 heteroatoms. The molecule has 0 atom stereocenters. The molecule has 1 aliphatic carbocycles. The van der Waals surface area contributed by atoms with Crippen molar-refractivity contribution in [3.63, 3.8) is 0 Å². The summed E-state index contributed by atoms with van der Waals surface area (Å²) < 4.78 is 38.8. The third kappa shape index (κ3) is 3.51. The molecule has 1 aliphatic rings. The maximum atomic E-state index is 12.9. The van der Waals surface area contributed by atoms with Crippen molar-refractivity contribution in [2.24, 2.45) is 0 Å². The van der Waals surface area contributed by atoms with Gasteiger partial charge in [0.2, 0.25) is 10.0 Å². The van der Waals surface area contributed by atoms with Gasteiger partial charge in [-0.25, -0.2) is 17.5 Å². The molecule has 0 aromatic heterocycles. The Labute approximate surface area is 106 Å². The smallest absolute Gasteiger partial charge is 0.215 e. The molecule has 0 unspecified atom stereocenters. The average molecular weight is 273 g/mol. The topological polar surface area (TPSA) is 66.4 Å². The zero-order valence-electron chi connectivity index (χ0n) is 9.89. The predicted molar refractivity (Wildman–Crippen MR) is 65.8 cm³/mol. The molecule has 0 radical (unpaired) electrons. The number of hydrogen-bond donors (Lipinski definition) is 2. The van der Waals surface area contributed by atoms with Gasteiger partial charge in [-0.2, -0.15) is 0 Å². The van der Waals surface area contributed by atoms with Crippen LogP contribution in [0.2, 0.25) is 0 Å². The van der Waals surface area contributed by atoms with Crippen LogP contribution in [0.5, 0.6) is 0 Å². The Morgan fingerprint density at radius 1 is 1.39 bits per heavy atom. The molecular formula is C12H16FNO3S. The van der Waals surface area contributed by atoms with Gasteiger partial charge in [-0.3, -0.25) is 0 Å². The van der Waals surface area contributed by atoms with E-state index in [0.717, 1.165) is 6.42 Å². The molecule has 2 N–H and O–H groups in total. The van der Waals surface area contributed by atoms with Crippen LogP contribution in [0.3, 0.4) is 0 Å². The number of nitrogens with one attached hydrogen (secondary N) is 1. The Hall–Kier alpha value is -0.980. The molecule has 1 aromatic rings. The van der Waals surface area contributed by atoms with Crippen molar-refractivity contribution >= 4 is 10.0 Å². The lowest BCUT2D eigenvalue weighted by Crippen LogP contribution is -2.47. The number of benzene rings is 1. The third-order valence-corrected chi connectivity index (χ3v) is 4.45. The highest BCUT2D eigenvalue weighted by molar-refractivity contribution is 7.88. The summed E-state index contributed by atoms with van der Waals surface area (Å²) in [5.74, 6) is -0.735. The summed E-state index contributed by atoms with van der Waals surface area (Å²) in [5, 5.41) is 9.80. The van der Waals surface area contributed by atoms with E-state index in [1.54, 1.807) is 6.07 Å². The molecule has 18 heavy (non-hydrogen) atoms. The van der Waals surface area contributed by atoms with E-state index in [2.05, 4.69) is 4.72 Å². The number of halogens is 1. The molecule has 1 saturated carbocycles. The monoisotopic (exact) mass is 273 g/mol. The van der Waals surface area contributed by atoms with Crippen LogP contribution in [0.15, 0.2) is 24.3 Å². The minimum absolute atomic E-state index is 0.0324. The molecule has 4 nitrogen and oxygen atoms in total. The highest BCUT2D eigenvalue weighted by atomic mass is 32.2. The molecule has 1 aromatic carbocycles. The van der Waals surface area contributed by atoms with E-state index in [0.29, 0.717) is 18.4 Å².